The van der Waals surface area contributed by atoms with Crippen molar-refractivity contribution in [2.24, 2.45) is 0 Å². The minimum Gasteiger partial charge on any atom is -0.748 e. The zero-order valence-electron chi connectivity index (χ0n) is 15.4. The molecule has 24 heavy (non-hydrogen) atoms. The van der Waals surface area contributed by atoms with Crippen molar-refractivity contribution >= 4 is 21.9 Å². The van der Waals surface area contributed by atoms with Crippen LogP contribution in [0.4, 0.5) is 0 Å². The molecule has 0 aromatic heterocycles. The van der Waals surface area contributed by atoms with Crippen LogP contribution in [-0.4, -0.2) is 61.9 Å². The van der Waals surface area contributed by atoms with Gasteiger partial charge < -0.3 is 9.04 Å². The number of rotatable bonds is 11. The van der Waals surface area contributed by atoms with Gasteiger partial charge in [-0.25, -0.2) is 8.42 Å². The molecule has 1 rings (SSSR count). The molecule has 0 saturated heterocycles. The first kappa shape index (κ1) is 21.5. The van der Waals surface area contributed by atoms with Crippen LogP contribution >= 0.6 is 11.8 Å². The first-order valence-corrected chi connectivity index (χ1v) is 11.2. The summed E-state index contributed by atoms with van der Waals surface area (Å²) in [4.78, 5) is 0. The van der Waals surface area contributed by atoms with E-state index in [1.807, 2.05) is 11.8 Å². The molecule has 1 aromatic carbocycles. The molecule has 0 bridgehead atoms. The zero-order valence-corrected chi connectivity index (χ0v) is 17.0. The highest BCUT2D eigenvalue weighted by Crippen LogP contribution is 2.15. The molecule has 0 saturated carbocycles. The molecule has 4 nitrogen and oxygen atoms in total. The van der Waals surface area contributed by atoms with E-state index in [0.717, 1.165) is 35.5 Å². The average Bonchev–Trinajstić information content (AvgIpc) is 2.44. The van der Waals surface area contributed by atoms with Gasteiger partial charge in [-0.2, -0.15) is 11.8 Å². The van der Waals surface area contributed by atoms with Crippen LogP contribution in [0.3, 0.4) is 0 Å². The Balaban J connectivity index is 2.17. The van der Waals surface area contributed by atoms with Crippen LogP contribution in [0.1, 0.15) is 29.5 Å². The summed E-state index contributed by atoms with van der Waals surface area (Å²) in [6.45, 7) is 6.03. The van der Waals surface area contributed by atoms with E-state index in [1.54, 1.807) is 0 Å². The molecule has 6 heteroatoms. The van der Waals surface area contributed by atoms with Gasteiger partial charge in [-0.05, 0) is 43.6 Å². The van der Waals surface area contributed by atoms with Crippen molar-refractivity contribution in [2.45, 2.75) is 33.1 Å². The molecule has 0 radical (unpaired) electrons. The molecule has 0 aliphatic heterocycles. The van der Waals surface area contributed by atoms with Gasteiger partial charge >= 0.3 is 0 Å². The van der Waals surface area contributed by atoms with Crippen LogP contribution in [0.5, 0.6) is 0 Å². The molecule has 0 heterocycles. The lowest BCUT2D eigenvalue weighted by Gasteiger charge is -2.29. The van der Waals surface area contributed by atoms with Crippen molar-refractivity contribution in [2.75, 3.05) is 44.4 Å². The van der Waals surface area contributed by atoms with Gasteiger partial charge in [-0.3, -0.25) is 0 Å². The molecule has 1 aromatic rings. The van der Waals surface area contributed by atoms with Gasteiger partial charge in [0.2, 0.25) is 0 Å². The van der Waals surface area contributed by atoms with Gasteiger partial charge in [0.25, 0.3) is 0 Å². The number of benzene rings is 1. The molecule has 0 spiro atoms. The second kappa shape index (κ2) is 9.80. The van der Waals surface area contributed by atoms with E-state index in [4.69, 9.17) is 0 Å². The van der Waals surface area contributed by atoms with Gasteiger partial charge in [0.15, 0.2) is 0 Å². The maximum absolute atomic E-state index is 10.6. The average molecular weight is 374 g/mol. The fourth-order valence-electron chi connectivity index (χ4n) is 2.63. The molecule has 0 unspecified atom stereocenters. The minimum atomic E-state index is -4.08. The van der Waals surface area contributed by atoms with Crippen LogP contribution in [-0.2, 0) is 16.5 Å². The van der Waals surface area contributed by atoms with E-state index < -0.39 is 10.1 Å². The summed E-state index contributed by atoms with van der Waals surface area (Å²) < 4.78 is 32.7. The van der Waals surface area contributed by atoms with E-state index in [2.05, 4.69) is 46.1 Å². The number of hydrogen-bond donors (Lipinski definition) is 0. The highest BCUT2D eigenvalue weighted by atomic mass is 32.2. The summed E-state index contributed by atoms with van der Waals surface area (Å²) in [6, 6.07) is 6.63. The molecule has 0 aliphatic carbocycles. The summed E-state index contributed by atoms with van der Waals surface area (Å²) in [5.41, 5.74) is 4.14. The SMILES string of the molecule is Cc1ccc(C)c(CCCSCC[N+](C)(C)CCCS(=O)(=O)[O-])c1. The lowest BCUT2D eigenvalue weighted by atomic mass is 10.0. The molecule has 0 fully saturated rings. The quantitative estimate of drug-likeness (QED) is 0.340. The molecular weight excluding hydrogens is 342 g/mol. The van der Waals surface area contributed by atoms with Crippen molar-refractivity contribution in [3.63, 3.8) is 0 Å². The molecule has 0 aliphatic rings. The van der Waals surface area contributed by atoms with E-state index in [-0.39, 0.29) is 5.75 Å². The van der Waals surface area contributed by atoms with Crippen LogP contribution in [0.2, 0.25) is 0 Å². The summed E-state index contributed by atoms with van der Waals surface area (Å²) in [6.07, 6.45) is 2.74. The molecule has 0 amide bonds. The second-order valence-electron chi connectivity index (χ2n) is 7.14. The Morgan fingerprint density at radius 1 is 1.08 bits per heavy atom. The maximum Gasteiger partial charge on any atom is 0.0948 e. The van der Waals surface area contributed by atoms with Gasteiger partial charge in [-0.15, -0.1) is 0 Å². The van der Waals surface area contributed by atoms with E-state index >= 15 is 0 Å². The van der Waals surface area contributed by atoms with Crippen LogP contribution in [0.15, 0.2) is 18.2 Å². The first-order valence-electron chi connectivity index (χ1n) is 8.48. The van der Waals surface area contributed by atoms with Gasteiger partial charge in [-0.1, -0.05) is 23.8 Å². The van der Waals surface area contributed by atoms with Crippen LogP contribution in [0, 0.1) is 13.8 Å². The smallest absolute Gasteiger partial charge is 0.0948 e. The number of thioether (sulfide) groups is 1. The van der Waals surface area contributed by atoms with Gasteiger partial charge in [0.05, 0.1) is 37.3 Å². The number of quaternary nitrogens is 1. The standard InChI is InChI=1S/C18H31NO3S2/c1-16-8-9-17(2)18(15-16)7-5-12-23-13-11-19(3,4)10-6-14-24(20,21)22/h8-9,15H,5-7,10-14H2,1-4H3. The Morgan fingerprint density at radius 2 is 1.79 bits per heavy atom. The van der Waals surface area contributed by atoms with E-state index in [1.165, 1.54) is 23.1 Å². The lowest BCUT2D eigenvalue weighted by Crippen LogP contribution is -2.42. The Hall–Kier alpha value is -0.560. The molecule has 138 valence electrons. The summed E-state index contributed by atoms with van der Waals surface area (Å²) in [5.74, 6) is 1.95. The van der Waals surface area contributed by atoms with Crippen molar-refractivity contribution in [3.8, 4) is 0 Å². The Bertz CT molecular complexity index is 613. The normalized spacial score (nSPS) is 12.5. The van der Waals surface area contributed by atoms with Gasteiger partial charge in [0, 0.05) is 17.9 Å². The third-order valence-corrected chi connectivity index (χ3v) is 6.08. The Labute approximate surface area is 152 Å². The first-order chi connectivity index (χ1) is 11.1. The second-order valence-corrected chi connectivity index (χ2v) is 9.89. The molecular formula is C18H31NO3S2. The molecule has 0 atom stereocenters. The van der Waals surface area contributed by atoms with Crippen molar-refractivity contribution in [1.82, 2.24) is 0 Å². The molecule has 0 N–H and O–H groups in total. The predicted molar refractivity (Wildman–Crippen MR) is 103 cm³/mol. The third-order valence-electron chi connectivity index (χ3n) is 4.24. The van der Waals surface area contributed by atoms with Crippen LogP contribution < -0.4 is 0 Å². The van der Waals surface area contributed by atoms with Gasteiger partial charge in [0.1, 0.15) is 0 Å². The highest BCUT2D eigenvalue weighted by molar-refractivity contribution is 7.99. The number of nitrogens with zero attached hydrogens (tertiary/aromatic N) is 1. The summed E-state index contributed by atoms with van der Waals surface area (Å²) in [7, 11) is 0.105. The Morgan fingerprint density at radius 3 is 2.46 bits per heavy atom. The predicted octanol–water partition coefficient (Wildman–Crippen LogP) is 2.98. The van der Waals surface area contributed by atoms with E-state index in [9.17, 15) is 13.0 Å². The fourth-order valence-corrected chi connectivity index (χ4v) is 4.29. The zero-order chi connectivity index (χ0) is 18.2. The number of aryl methyl sites for hydroxylation is 3. The maximum atomic E-state index is 10.6. The highest BCUT2D eigenvalue weighted by Gasteiger charge is 2.14. The van der Waals surface area contributed by atoms with Crippen molar-refractivity contribution in [1.29, 1.82) is 0 Å². The number of hydrogen-bond acceptors (Lipinski definition) is 4. The minimum absolute atomic E-state index is 0.252. The van der Waals surface area contributed by atoms with Crippen molar-refractivity contribution < 1.29 is 17.5 Å². The largest absolute Gasteiger partial charge is 0.748 e. The monoisotopic (exact) mass is 373 g/mol. The fraction of sp³-hybridized carbons (Fsp3) is 0.667. The lowest BCUT2D eigenvalue weighted by molar-refractivity contribution is -0.887. The summed E-state index contributed by atoms with van der Waals surface area (Å²) >= 11 is 1.95. The topological polar surface area (TPSA) is 57.2 Å². The van der Waals surface area contributed by atoms with E-state index in [0.29, 0.717) is 6.42 Å². The summed E-state index contributed by atoms with van der Waals surface area (Å²) in [5, 5.41) is 0. The van der Waals surface area contributed by atoms with Crippen LogP contribution in [0.25, 0.3) is 0 Å². The Kier molecular flexibility index (Phi) is 8.77. The third kappa shape index (κ3) is 9.67. The van der Waals surface area contributed by atoms with Crippen molar-refractivity contribution in [3.05, 3.63) is 34.9 Å².